The zero-order chi connectivity index (χ0) is 18.7. The molecule has 0 aliphatic carbocycles. The van der Waals surface area contributed by atoms with Crippen molar-refractivity contribution in [3.8, 4) is 11.3 Å². The van der Waals surface area contributed by atoms with Crippen LogP contribution in [0.3, 0.4) is 0 Å². The number of carboxylic acids is 1. The van der Waals surface area contributed by atoms with Crippen LogP contribution in [0.2, 0.25) is 10.0 Å². The lowest BCUT2D eigenvalue weighted by atomic mass is 10.2. The van der Waals surface area contributed by atoms with E-state index >= 15 is 0 Å². The first-order valence-electron chi connectivity index (χ1n) is 7.55. The van der Waals surface area contributed by atoms with Crippen molar-refractivity contribution in [3.63, 3.8) is 0 Å². The molecule has 0 radical (unpaired) electrons. The third-order valence-electron chi connectivity index (χ3n) is 3.35. The maximum Gasteiger partial charge on any atom is 0.342 e. The van der Waals surface area contributed by atoms with Gasteiger partial charge in [0.15, 0.2) is 0 Å². The maximum atomic E-state index is 11.5. The molecule has 2 N–H and O–H groups in total. The van der Waals surface area contributed by atoms with Gasteiger partial charge in [0.05, 0.1) is 5.02 Å². The zero-order valence-electron chi connectivity index (χ0n) is 13.5. The Labute approximate surface area is 163 Å². The maximum absolute atomic E-state index is 11.5. The smallest absolute Gasteiger partial charge is 0.342 e. The number of rotatable bonds is 6. The van der Waals surface area contributed by atoms with Crippen molar-refractivity contribution in [1.82, 2.24) is 15.2 Å². The molecule has 2 heterocycles. The number of carboxylic acid groups (broad SMARTS) is 1. The Kier molecular flexibility index (Phi) is 5.70. The molecule has 0 fully saturated rings. The van der Waals surface area contributed by atoms with Crippen molar-refractivity contribution in [1.29, 1.82) is 0 Å². The van der Waals surface area contributed by atoms with Crippen molar-refractivity contribution in [2.75, 3.05) is 0 Å². The summed E-state index contributed by atoms with van der Waals surface area (Å²) in [5.74, 6) is 0.446. The number of aryl methyl sites for hydroxylation is 1. The molecule has 0 aliphatic rings. The Morgan fingerprint density at radius 3 is 2.85 bits per heavy atom. The summed E-state index contributed by atoms with van der Waals surface area (Å²) in [6.07, 6.45) is 2.10. The third kappa shape index (κ3) is 4.30. The molecule has 9 heteroatoms. The number of aromatic nitrogens is 3. The van der Waals surface area contributed by atoms with Gasteiger partial charge in [-0.3, -0.25) is 5.10 Å². The fourth-order valence-electron chi connectivity index (χ4n) is 2.11. The molecule has 26 heavy (non-hydrogen) atoms. The van der Waals surface area contributed by atoms with E-state index in [1.807, 2.05) is 6.92 Å². The molecule has 2 aromatic heterocycles. The molecule has 0 saturated carbocycles. The van der Waals surface area contributed by atoms with E-state index in [0.29, 0.717) is 44.5 Å². The lowest BCUT2D eigenvalue weighted by Crippen LogP contribution is -1.97. The van der Waals surface area contributed by atoms with Gasteiger partial charge in [0, 0.05) is 23.1 Å². The molecule has 0 unspecified atom stereocenters. The van der Waals surface area contributed by atoms with Crippen LogP contribution in [0.25, 0.3) is 17.4 Å². The number of carbonyl (C=O) groups is 1. The number of furan rings is 1. The van der Waals surface area contributed by atoms with Gasteiger partial charge < -0.3 is 9.52 Å². The molecule has 3 rings (SSSR count). The highest BCUT2D eigenvalue weighted by Crippen LogP contribution is 2.33. The fraction of sp³-hybridized carbons (Fsp3) is 0.118. The molecule has 0 bridgehead atoms. The fourth-order valence-corrected chi connectivity index (χ4v) is 3.19. The second-order valence-corrected chi connectivity index (χ2v) is 7.01. The number of nitrogens with one attached hydrogen (secondary N) is 1. The number of aromatic amines is 1. The van der Waals surface area contributed by atoms with Gasteiger partial charge in [-0.25, -0.2) is 9.78 Å². The lowest BCUT2D eigenvalue weighted by Gasteiger charge is -2.01. The van der Waals surface area contributed by atoms with Gasteiger partial charge in [0.1, 0.15) is 22.3 Å². The average molecular weight is 410 g/mol. The van der Waals surface area contributed by atoms with Crippen LogP contribution in [-0.2, 0) is 11.2 Å². The summed E-state index contributed by atoms with van der Waals surface area (Å²) in [5.41, 5.74) is 0.630. The zero-order valence-corrected chi connectivity index (χ0v) is 15.8. The Balaban J connectivity index is 1.88. The van der Waals surface area contributed by atoms with Crippen molar-refractivity contribution in [2.24, 2.45) is 0 Å². The Bertz CT molecular complexity index is 981. The highest BCUT2D eigenvalue weighted by atomic mass is 35.5. The highest BCUT2D eigenvalue weighted by Gasteiger charge is 2.15. The van der Waals surface area contributed by atoms with Gasteiger partial charge in [-0.15, -0.1) is 5.10 Å². The number of halogens is 2. The number of hydrogen-bond acceptors (Lipinski definition) is 5. The van der Waals surface area contributed by atoms with Crippen molar-refractivity contribution < 1.29 is 14.3 Å². The summed E-state index contributed by atoms with van der Waals surface area (Å²) >= 11 is 13.1. The van der Waals surface area contributed by atoms with Crippen LogP contribution in [0.1, 0.15) is 18.5 Å². The van der Waals surface area contributed by atoms with Crippen LogP contribution in [0.4, 0.5) is 0 Å². The summed E-state index contributed by atoms with van der Waals surface area (Å²) in [4.78, 5) is 15.8. The topological polar surface area (TPSA) is 92.0 Å². The lowest BCUT2D eigenvalue weighted by molar-refractivity contribution is -0.131. The minimum atomic E-state index is -1.10. The van der Waals surface area contributed by atoms with Crippen molar-refractivity contribution in [2.45, 2.75) is 18.5 Å². The number of thioether (sulfide) groups is 1. The molecule has 0 atom stereocenters. The molecule has 0 saturated heterocycles. The summed E-state index contributed by atoms with van der Waals surface area (Å²) in [6, 6.07) is 8.39. The number of H-pyrrole nitrogens is 1. The van der Waals surface area contributed by atoms with Crippen LogP contribution in [0.15, 0.2) is 44.8 Å². The third-order valence-corrected chi connectivity index (χ3v) is 4.79. The summed E-state index contributed by atoms with van der Waals surface area (Å²) in [7, 11) is 0. The van der Waals surface area contributed by atoms with E-state index in [4.69, 9.17) is 27.6 Å². The first kappa shape index (κ1) is 18.6. The second-order valence-electron chi connectivity index (χ2n) is 5.16. The molecular weight excluding hydrogens is 397 g/mol. The van der Waals surface area contributed by atoms with Crippen LogP contribution < -0.4 is 0 Å². The molecule has 6 nitrogen and oxygen atoms in total. The van der Waals surface area contributed by atoms with Gasteiger partial charge in [-0.1, -0.05) is 30.1 Å². The number of aliphatic carboxylic acids is 1. The SMILES string of the molecule is CCc1nc(S/C(=C/c2ccc(-c3cc(Cl)ccc3Cl)o2)C(=O)O)n[nH]1. The second kappa shape index (κ2) is 7.99. The molecule has 3 aromatic rings. The Morgan fingerprint density at radius 1 is 1.35 bits per heavy atom. The quantitative estimate of drug-likeness (QED) is 0.431. The van der Waals surface area contributed by atoms with Crippen LogP contribution in [0.5, 0.6) is 0 Å². The predicted molar refractivity (Wildman–Crippen MR) is 101 cm³/mol. The van der Waals surface area contributed by atoms with Gasteiger partial charge in [0.2, 0.25) is 5.16 Å². The Hall–Kier alpha value is -2.22. The number of benzene rings is 1. The van der Waals surface area contributed by atoms with Gasteiger partial charge in [-0.05, 0) is 42.1 Å². The van der Waals surface area contributed by atoms with E-state index in [2.05, 4.69) is 15.2 Å². The molecular formula is C17H13Cl2N3O3S. The van der Waals surface area contributed by atoms with Crippen molar-refractivity contribution >= 4 is 47.0 Å². The van der Waals surface area contributed by atoms with E-state index in [1.165, 1.54) is 6.08 Å². The van der Waals surface area contributed by atoms with Crippen LogP contribution in [0, 0.1) is 0 Å². The van der Waals surface area contributed by atoms with E-state index in [-0.39, 0.29) is 4.91 Å². The predicted octanol–water partition coefficient (Wildman–Crippen LogP) is 5.15. The van der Waals surface area contributed by atoms with E-state index in [9.17, 15) is 9.90 Å². The van der Waals surface area contributed by atoms with Gasteiger partial charge in [-0.2, -0.15) is 0 Å². The minimum Gasteiger partial charge on any atom is -0.477 e. The molecule has 0 amide bonds. The Morgan fingerprint density at radius 2 is 2.15 bits per heavy atom. The highest BCUT2D eigenvalue weighted by molar-refractivity contribution is 8.04. The van der Waals surface area contributed by atoms with Gasteiger partial charge >= 0.3 is 5.97 Å². The molecule has 1 aromatic carbocycles. The normalized spacial score (nSPS) is 11.7. The summed E-state index contributed by atoms with van der Waals surface area (Å²) in [5, 5.41) is 17.5. The first-order valence-corrected chi connectivity index (χ1v) is 9.13. The average Bonchev–Trinajstić information content (AvgIpc) is 3.25. The first-order chi connectivity index (χ1) is 12.5. The van der Waals surface area contributed by atoms with Gasteiger partial charge in [0.25, 0.3) is 0 Å². The monoisotopic (exact) mass is 409 g/mol. The summed E-state index contributed by atoms with van der Waals surface area (Å²) in [6.45, 7) is 1.92. The van der Waals surface area contributed by atoms with Crippen molar-refractivity contribution in [3.05, 3.63) is 56.9 Å². The standard InChI is InChI=1S/C17H13Cl2N3O3S/c1-2-15-20-17(22-21-15)26-14(16(23)24)8-10-4-6-13(25-10)11-7-9(18)3-5-12(11)19/h3-8H,2H2,1H3,(H,23,24)(H,20,21,22)/b14-8+. The van der Waals surface area contributed by atoms with E-state index in [0.717, 1.165) is 11.8 Å². The van der Waals surface area contributed by atoms with Crippen LogP contribution in [-0.4, -0.2) is 26.3 Å². The summed E-state index contributed by atoms with van der Waals surface area (Å²) < 4.78 is 5.71. The molecule has 134 valence electrons. The molecule has 0 spiro atoms. The molecule has 0 aliphatic heterocycles. The van der Waals surface area contributed by atoms with E-state index in [1.54, 1.807) is 30.3 Å². The van der Waals surface area contributed by atoms with Crippen LogP contribution >= 0.6 is 35.0 Å². The number of nitrogens with zero attached hydrogens (tertiary/aromatic N) is 2. The minimum absolute atomic E-state index is 0.0322. The van der Waals surface area contributed by atoms with E-state index < -0.39 is 5.97 Å². The largest absolute Gasteiger partial charge is 0.477 e. The number of hydrogen-bond donors (Lipinski definition) is 2.